The van der Waals surface area contributed by atoms with Crippen LogP contribution in [0.15, 0.2) is 12.1 Å². The highest BCUT2D eigenvalue weighted by molar-refractivity contribution is 7.14. The summed E-state index contributed by atoms with van der Waals surface area (Å²) in [5.41, 5.74) is 4.96. The van der Waals surface area contributed by atoms with Crippen molar-refractivity contribution in [2.24, 2.45) is 5.73 Å². The van der Waals surface area contributed by atoms with Crippen LogP contribution in [0.25, 0.3) is 0 Å². The molecule has 1 aromatic heterocycles. The van der Waals surface area contributed by atoms with Crippen molar-refractivity contribution in [3.63, 3.8) is 0 Å². The summed E-state index contributed by atoms with van der Waals surface area (Å²) in [6, 6.07) is 2.39. The maximum Gasteiger partial charge on any atom is 0.326 e. The van der Waals surface area contributed by atoms with Gasteiger partial charge in [-0.05, 0) is 25.0 Å². The molecule has 4 N–H and O–H groups in total. The lowest BCUT2D eigenvalue weighted by molar-refractivity contribution is -0.139. The Morgan fingerprint density at radius 1 is 1.42 bits per heavy atom. The van der Waals surface area contributed by atoms with E-state index in [1.807, 2.05) is 13.0 Å². The fraction of sp³-hybridized carbons (Fsp3) is 0.417. The Hall–Kier alpha value is -1.89. The van der Waals surface area contributed by atoms with E-state index in [-0.39, 0.29) is 12.8 Å². The molecule has 0 saturated carbocycles. The topological polar surface area (TPSA) is 109 Å². The van der Waals surface area contributed by atoms with Gasteiger partial charge in [0.1, 0.15) is 6.04 Å². The quantitative estimate of drug-likeness (QED) is 0.686. The molecule has 0 aromatic carbocycles. The van der Waals surface area contributed by atoms with Crippen LogP contribution in [0, 0.1) is 0 Å². The summed E-state index contributed by atoms with van der Waals surface area (Å²) in [6.45, 7) is 1.97. The second-order valence-corrected chi connectivity index (χ2v) is 5.16. The molecule has 0 aliphatic rings. The van der Waals surface area contributed by atoms with E-state index in [4.69, 9.17) is 10.8 Å². The van der Waals surface area contributed by atoms with Crippen LogP contribution in [0.4, 0.5) is 0 Å². The lowest BCUT2D eigenvalue weighted by atomic mass is 10.1. The van der Waals surface area contributed by atoms with Crippen LogP contribution in [-0.4, -0.2) is 28.9 Å². The Morgan fingerprint density at radius 2 is 2.11 bits per heavy atom. The van der Waals surface area contributed by atoms with Crippen LogP contribution < -0.4 is 11.1 Å². The molecule has 0 aliphatic heterocycles. The van der Waals surface area contributed by atoms with Crippen molar-refractivity contribution < 1.29 is 19.5 Å². The molecule has 0 fully saturated rings. The first-order chi connectivity index (χ1) is 8.93. The van der Waals surface area contributed by atoms with Gasteiger partial charge in [-0.15, -0.1) is 11.3 Å². The average Bonchev–Trinajstić information content (AvgIpc) is 2.82. The summed E-state index contributed by atoms with van der Waals surface area (Å²) in [5.74, 6) is -2.21. The summed E-state index contributed by atoms with van der Waals surface area (Å²) in [7, 11) is 0. The van der Waals surface area contributed by atoms with Crippen molar-refractivity contribution in [2.45, 2.75) is 32.2 Å². The van der Waals surface area contributed by atoms with E-state index >= 15 is 0 Å². The van der Waals surface area contributed by atoms with Gasteiger partial charge in [0.2, 0.25) is 5.91 Å². The lowest BCUT2D eigenvalue weighted by Gasteiger charge is -2.12. The smallest absolute Gasteiger partial charge is 0.326 e. The summed E-state index contributed by atoms with van der Waals surface area (Å²) in [6.07, 6.45) is 0.728. The second-order valence-electron chi connectivity index (χ2n) is 3.99. The lowest BCUT2D eigenvalue weighted by Crippen LogP contribution is -2.41. The first-order valence-corrected chi connectivity index (χ1v) is 6.66. The van der Waals surface area contributed by atoms with Crippen LogP contribution in [-0.2, 0) is 16.0 Å². The van der Waals surface area contributed by atoms with Crippen molar-refractivity contribution in [3.05, 3.63) is 21.9 Å². The molecular formula is C12H16N2O4S. The van der Waals surface area contributed by atoms with Crippen LogP contribution in [0.2, 0.25) is 0 Å². The number of carbonyl (C=O) groups is 3. The second kappa shape index (κ2) is 6.89. The van der Waals surface area contributed by atoms with Gasteiger partial charge < -0.3 is 16.2 Å². The molecule has 1 atom stereocenters. The number of hydrogen-bond acceptors (Lipinski definition) is 4. The molecule has 104 valence electrons. The number of carboxylic acid groups (broad SMARTS) is 1. The molecular weight excluding hydrogens is 268 g/mol. The molecule has 0 spiro atoms. The number of nitrogens with one attached hydrogen (secondary N) is 1. The summed E-state index contributed by atoms with van der Waals surface area (Å²) >= 11 is 1.32. The summed E-state index contributed by atoms with van der Waals surface area (Å²) in [5, 5.41) is 11.4. The number of primary amides is 1. The highest BCUT2D eigenvalue weighted by atomic mass is 32.1. The van der Waals surface area contributed by atoms with Gasteiger partial charge in [-0.25, -0.2) is 4.79 Å². The largest absolute Gasteiger partial charge is 0.480 e. The number of aryl methyl sites for hydroxylation is 1. The monoisotopic (exact) mass is 284 g/mol. The maximum atomic E-state index is 11.9. The van der Waals surface area contributed by atoms with E-state index in [1.165, 1.54) is 11.3 Å². The first kappa shape index (κ1) is 15.2. The molecule has 0 radical (unpaired) electrons. The average molecular weight is 284 g/mol. The number of amides is 2. The summed E-state index contributed by atoms with van der Waals surface area (Å²) < 4.78 is 0. The number of nitrogens with two attached hydrogens (primary N) is 1. The number of thiophene rings is 1. The molecule has 2 amide bonds. The molecule has 0 aliphatic carbocycles. The third kappa shape index (κ3) is 4.70. The van der Waals surface area contributed by atoms with Crippen molar-refractivity contribution in [1.82, 2.24) is 5.32 Å². The van der Waals surface area contributed by atoms with Gasteiger partial charge in [0.15, 0.2) is 0 Å². The van der Waals surface area contributed by atoms with E-state index in [0.29, 0.717) is 4.88 Å². The number of aliphatic carboxylic acids is 1. The van der Waals surface area contributed by atoms with Gasteiger partial charge >= 0.3 is 5.97 Å². The fourth-order valence-corrected chi connectivity index (χ4v) is 2.31. The van der Waals surface area contributed by atoms with Crippen LogP contribution >= 0.6 is 11.3 Å². The molecule has 1 aromatic rings. The van der Waals surface area contributed by atoms with Crippen molar-refractivity contribution in [2.75, 3.05) is 0 Å². The predicted molar refractivity (Wildman–Crippen MR) is 71.0 cm³/mol. The minimum atomic E-state index is -1.18. The minimum absolute atomic E-state index is 0.0115. The number of carboxylic acids is 1. The normalized spacial score (nSPS) is 11.8. The molecule has 19 heavy (non-hydrogen) atoms. The Morgan fingerprint density at radius 3 is 2.58 bits per heavy atom. The molecule has 6 nitrogen and oxygen atoms in total. The molecule has 7 heteroatoms. The standard InChI is InChI=1S/C12H16N2O4S/c1-2-7-3-5-9(19-7)11(16)14-8(12(17)18)4-6-10(13)15/h3,5,8H,2,4,6H2,1H3,(H2,13,15)(H,14,16)(H,17,18)/t8-/m1/s1. The van der Waals surface area contributed by atoms with Crippen LogP contribution in [0.1, 0.15) is 34.3 Å². The Bertz CT molecular complexity index is 484. The zero-order valence-corrected chi connectivity index (χ0v) is 11.3. The first-order valence-electron chi connectivity index (χ1n) is 5.84. The summed E-state index contributed by atoms with van der Waals surface area (Å²) in [4.78, 5) is 35.0. The van der Waals surface area contributed by atoms with Crippen LogP contribution in [0.3, 0.4) is 0 Å². The predicted octanol–water partition coefficient (Wildman–Crippen LogP) is 0.759. The molecule has 0 saturated heterocycles. The third-order valence-electron chi connectivity index (χ3n) is 2.52. The molecule has 0 bridgehead atoms. The van der Waals surface area contributed by atoms with E-state index in [1.54, 1.807) is 6.07 Å². The van der Waals surface area contributed by atoms with Crippen molar-refractivity contribution in [3.8, 4) is 0 Å². The van der Waals surface area contributed by atoms with Gasteiger partial charge in [0, 0.05) is 11.3 Å². The van der Waals surface area contributed by atoms with Crippen LogP contribution in [0.5, 0.6) is 0 Å². The van der Waals surface area contributed by atoms with Gasteiger partial charge in [-0.3, -0.25) is 9.59 Å². The molecule has 0 unspecified atom stereocenters. The Labute approximate surface area is 114 Å². The zero-order chi connectivity index (χ0) is 14.4. The van der Waals surface area contributed by atoms with E-state index in [0.717, 1.165) is 11.3 Å². The van der Waals surface area contributed by atoms with Gasteiger partial charge in [-0.1, -0.05) is 6.92 Å². The Balaban J connectivity index is 2.65. The third-order valence-corrected chi connectivity index (χ3v) is 3.75. The zero-order valence-electron chi connectivity index (χ0n) is 10.5. The highest BCUT2D eigenvalue weighted by Gasteiger charge is 2.21. The SMILES string of the molecule is CCc1ccc(C(=O)N[C@H](CCC(N)=O)C(=O)O)s1. The molecule has 1 rings (SSSR count). The Kier molecular flexibility index (Phi) is 5.50. The van der Waals surface area contributed by atoms with Gasteiger partial charge in [0.05, 0.1) is 4.88 Å². The van der Waals surface area contributed by atoms with Crippen molar-refractivity contribution >= 4 is 29.1 Å². The van der Waals surface area contributed by atoms with E-state index < -0.39 is 23.8 Å². The maximum absolute atomic E-state index is 11.9. The van der Waals surface area contributed by atoms with E-state index in [9.17, 15) is 14.4 Å². The number of hydrogen-bond donors (Lipinski definition) is 3. The van der Waals surface area contributed by atoms with Gasteiger partial charge in [0.25, 0.3) is 5.91 Å². The highest BCUT2D eigenvalue weighted by Crippen LogP contribution is 2.17. The minimum Gasteiger partial charge on any atom is -0.480 e. The number of rotatable bonds is 7. The fourth-order valence-electron chi connectivity index (χ4n) is 1.46. The van der Waals surface area contributed by atoms with E-state index in [2.05, 4.69) is 5.32 Å². The van der Waals surface area contributed by atoms with Gasteiger partial charge in [-0.2, -0.15) is 0 Å². The number of carbonyl (C=O) groups excluding carboxylic acids is 2. The molecule has 1 heterocycles. The van der Waals surface area contributed by atoms with Crippen molar-refractivity contribution in [1.29, 1.82) is 0 Å².